The smallest absolute Gasteiger partial charge is 0.191 e. The van der Waals surface area contributed by atoms with Gasteiger partial charge >= 0.3 is 0 Å². The maximum Gasteiger partial charge on any atom is 0.191 e. The molecule has 0 spiro atoms. The van der Waals surface area contributed by atoms with Gasteiger partial charge in [-0.05, 0) is 20.3 Å². The fourth-order valence-electron chi connectivity index (χ4n) is 2.03. The monoisotopic (exact) mass is 268 g/mol. The summed E-state index contributed by atoms with van der Waals surface area (Å²) in [6.45, 7) is 6.60. The van der Waals surface area contributed by atoms with E-state index < -0.39 is 0 Å². The standard InChI is InChI=1S/C12H20N4OS/c1-9-11(10(2)17-15-9)3-4-14-12(13)16-5-7-18-8-6-16/h3-8H2,1-2H3,(H2,13,14). The first-order valence-electron chi connectivity index (χ1n) is 6.23. The van der Waals surface area contributed by atoms with Crippen molar-refractivity contribution in [2.24, 2.45) is 10.7 Å². The van der Waals surface area contributed by atoms with E-state index in [-0.39, 0.29) is 0 Å². The van der Waals surface area contributed by atoms with E-state index in [0.29, 0.717) is 12.5 Å². The van der Waals surface area contributed by atoms with Crippen LogP contribution < -0.4 is 5.73 Å². The first-order chi connectivity index (χ1) is 8.68. The van der Waals surface area contributed by atoms with Crippen LogP contribution in [0.15, 0.2) is 9.52 Å². The highest BCUT2D eigenvalue weighted by Crippen LogP contribution is 2.13. The summed E-state index contributed by atoms with van der Waals surface area (Å²) < 4.78 is 5.13. The van der Waals surface area contributed by atoms with Crippen LogP contribution in [0.2, 0.25) is 0 Å². The molecule has 0 bridgehead atoms. The largest absolute Gasteiger partial charge is 0.370 e. The van der Waals surface area contributed by atoms with Gasteiger partial charge in [-0.15, -0.1) is 0 Å². The summed E-state index contributed by atoms with van der Waals surface area (Å²) in [6, 6.07) is 0. The van der Waals surface area contributed by atoms with Gasteiger partial charge in [0.05, 0.1) is 5.69 Å². The lowest BCUT2D eigenvalue weighted by molar-refractivity contribution is 0.392. The van der Waals surface area contributed by atoms with Crippen LogP contribution in [0, 0.1) is 13.8 Å². The fraction of sp³-hybridized carbons (Fsp3) is 0.667. The molecular formula is C12H20N4OS. The van der Waals surface area contributed by atoms with Crippen molar-refractivity contribution in [3.8, 4) is 0 Å². The highest BCUT2D eigenvalue weighted by atomic mass is 32.2. The van der Waals surface area contributed by atoms with Crippen molar-refractivity contribution in [3.63, 3.8) is 0 Å². The van der Waals surface area contributed by atoms with Crippen molar-refractivity contribution in [1.82, 2.24) is 10.1 Å². The number of nitrogens with two attached hydrogens (primary N) is 1. The average Bonchev–Trinajstić information content (AvgIpc) is 2.71. The van der Waals surface area contributed by atoms with Gasteiger partial charge in [0, 0.05) is 36.7 Å². The van der Waals surface area contributed by atoms with Crippen LogP contribution in [0.5, 0.6) is 0 Å². The number of hydrogen-bond donors (Lipinski definition) is 1. The minimum absolute atomic E-state index is 0.669. The van der Waals surface area contributed by atoms with Gasteiger partial charge in [-0.2, -0.15) is 11.8 Å². The lowest BCUT2D eigenvalue weighted by Gasteiger charge is -2.27. The molecule has 1 aromatic heterocycles. The molecule has 0 unspecified atom stereocenters. The number of aromatic nitrogens is 1. The van der Waals surface area contributed by atoms with Crippen molar-refractivity contribution >= 4 is 17.7 Å². The van der Waals surface area contributed by atoms with Crippen LogP contribution >= 0.6 is 11.8 Å². The van der Waals surface area contributed by atoms with Gasteiger partial charge in [0.15, 0.2) is 5.96 Å². The second-order valence-corrected chi connectivity index (χ2v) is 5.62. The molecule has 0 aromatic carbocycles. The second kappa shape index (κ2) is 6.13. The highest BCUT2D eigenvalue weighted by molar-refractivity contribution is 7.99. The Morgan fingerprint density at radius 1 is 1.44 bits per heavy atom. The van der Waals surface area contributed by atoms with Crippen molar-refractivity contribution in [2.45, 2.75) is 20.3 Å². The second-order valence-electron chi connectivity index (χ2n) is 4.39. The molecule has 1 aliphatic rings. The van der Waals surface area contributed by atoms with Gasteiger partial charge in [-0.25, -0.2) is 0 Å². The molecule has 0 atom stereocenters. The first kappa shape index (κ1) is 13.3. The predicted octanol–water partition coefficient (Wildman–Crippen LogP) is 1.20. The quantitative estimate of drug-likeness (QED) is 0.659. The number of aryl methyl sites for hydroxylation is 2. The molecule has 1 aliphatic heterocycles. The Kier molecular flexibility index (Phi) is 4.52. The van der Waals surface area contributed by atoms with Crippen LogP contribution in [-0.4, -0.2) is 47.2 Å². The molecule has 1 saturated heterocycles. The molecule has 6 heteroatoms. The molecule has 0 amide bonds. The van der Waals surface area contributed by atoms with Gasteiger partial charge in [-0.3, -0.25) is 4.99 Å². The summed E-state index contributed by atoms with van der Waals surface area (Å²) in [5, 5.41) is 3.94. The molecule has 2 N–H and O–H groups in total. The number of rotatable bonds is 3. The van der Waals surface area contributed by atoms with E-state index in [0.717, 1.165) is 48.0 Å². The average molecular weight is 268 g/mol. The number of thioether (sulfide) groups is 1. The number of nitrogens with zero attached hydrogens (tertiary/aromatic N) is 3. The Labute approximate surface area is 112 Å². The Balaban J connectivity index is 1.86. The maximum absolute atomic E-state index is 5.99. The topological polar surface area (TPSA) is 67.6 Å². The molecule has 18 heavy (non-hydrogen) atoms. The summed E-state index contributed by atoms with van der Waals surface area (Å²) in [5.41, 5.74) is 8.10. The van der Waals surface area contributed by atoms with Gasteiger partial charge < -0.3 is 15.2 Å². The van der Waals surface area contributed by atoms with E-state index in [1.54, 1.807) is 0 Å². The number of guanidine groups is 1. The zero-order valence-electron chi connectivity index (χ0n) is 11.0. The highest BCUT2D eigenvalue weighted by Gasteiger charge is 2.12. The molecule has 100 valence electrons. The number of hydrogen-bond acceptors (Lipinski definition) is 4. The van der Waals surface area contributed by atoms with E-state index in [4.69, 9.17) is 10.3 Å². The lowest BCUT2D eigenvalue weighted by Crippen LogP contribution is -2.42. The van der Waals surface area contributed by atoms with Crippen molar-refractivity contribution in [2.75, 3.05) is 31.1 Å². The van der Waals surface area contributed by atoms with E-state index in [1.165, 1.54) is 0 Å². The maximum atomic E-state index is 5.99. The van der Waals surface area contributed by atoms with Crippen molar-refractivity contribution in [1.29, 1.82) is 0 Å². The van der Waals surface area contributed by atoms with E-state index in [1.807, 2.05) is 25.6 Å². The van der Waals surface area contributed by atoms with Crippen LogP contribution in [0.3, 0.4) is 0 Å². The Hall–Kier alpha value is -1.17. The summed E-state index contributed by atoms with van der Waals surface area (Å²) >= 11 is 1.97. The number of aliphatic imine (C=N–C) groups is 1. The predicted molar refractivity (Wildman–Crippen MR) is 75.1 cm³/mol. The zero-order valence-corrected chi connectivity index (χ0v) is 11.8. The fourth-order valence-corrected chi connectivity index (χ4v) is 2.94. The summed E-state index contributed by atoms with van der Waals surface area (Å²) in [7, 11) is 0. The van der Waals surface area contributed by atoms with Gasteiger partial charge in [-0.1, -0.05) is 5.16 Å². The molecule has 1 aromatic rings. The minimum Gasteiger partial charge on any atom is -0.370 e. The normalized spacial score (nSPS) is 17.2. The van der Waals surface area contributed by atoms with E-state index in [9.17, 15) is 0 Å². The zero-order chi connectivity index (χ0) is 13.0. The Morgan fingerprint density at radius 3 is 2.78 bits per heavy atom. The lowest BCUT2D eigenvalue weighted by atomic mass is 10.1. The molecule has 2 rings (SSSR count). The summed E-state index contributed by atoms with van der Waals surface area (Å²) in [5.74, 6) is 3.83. The summed E-state index contributed by atoms with van der Waals surface area (Å²) in [4.78, 5) is 6.60. The molecule has 5 nitrogen and oxygen atoms in total. The third kappa shape index (κ3) is 3.19. The molecule has 0 radical (unpaired) electrons. The van der Waals surface area contributed by atoms with Crippen LogP contribution in [0.1, 0.15) is 17.0 Å². The first-order valence-corrected chi connectivity index (χ1v) is 7.38. The van der Waals surface area contributed by atoms with E-state index in [2.05, 4.69) is 15.0 Å². The SMILES string of the molecule is Cc1noc(C)c1CCN=C(N)N1CCSCC1. The van der Waals surface area contributed by atoms with Crippen LogP contribution in [0.4, 0.5) is 0 Å². The minimum atomic E-state index is 0.669. The summed E-state index contributed by atoms with van der Waals surface area (Å²) in [6.07, 6.45) is 0.838. The molecule has 0 aliphatic carbocycles. The van der Waals surface area contributed by atoms with Gasteiger partial charge in [0.2, 0.25) is 0 Å². The van der Waals surface area contributed by atoms with Crippen LogP contribution in [-0.2, 0) is 6.42 Å². The molecule has 0 saturated carbocycles. The van der Waals surface area contributed by atoms with Crippen molar-refractivity contribution in [3.05, 3.63) is 17.0 Å². The molecular weight excluding hydrogens is 248 g/mol. The Morgan fingerprint density at radius 2 is 2.17 bits per heavy atom. The Bertz CT molecular complexity index is 404. The van der Waals surface area contributed by atoms with Crippen LogP contribution in [0.25, 0.3) is 0 Å². The van der Waals surface area contributed by atoms with Gasteiger partial charge in [0.1, 0.15) is 5.76 Å². The van der Waals surface area contributed by atoms with E-state index >= 15 is 0 Å². The van der Waals surface area contributed by atoms with Gasteiger partial charge in [0.25, 0.3) is 0 Å². The third-order valence-corrected chi connectivity index (χ3v) is 4.09. The third-order valence-electron chi connectivity index (χ3n) is 3.15. The van der Waals surface area contributed by atoms with Crippen molar-refractivity contribution < 1.29 is 4.52 Å². The molecule has 2 heterocycles. The molecule has 1 fully saturated rings.